The molecule has 2 aromatic carbocycles. The van der Waals surface area contributed by atoms with Crippen molar-refractivity contribution in [3.05, 3.63) is 59.7 Å². The summed E-state index contributed by atoms with van der Waals surface area (Å²) in [6, 6.07) is 14.1. The van der Waals surface area contributed by atoms with Crippen LogP contribution >= 0.6 is 0 Å². The van der Waals surface area contributed by atoms with Crippen LogP contribution in [0.1, 0.15) is 25.0 Å². The minimum Gasteiger partial charge on any atom is -0.489 e. The van der Waals surface area contributed by atoms with Crippen molar-refractivity contribution in [1.29, 1.82) is 0 Å². The summed E-state index contributed by atoms with van der Waals surface area (Å²) in [6.45, 7) is 7.34. The summed E-state index contributed by atoms with van der Waals surface area (Å²) in [4.78, 5) is 14.7. The largest absolute Gasteiger partial charge is 0.489 e. The highest BCUT2D eigenvalue weighted by Crippen LogP contribution is 2.40. The predicted octanol–water partition coefficient (Wildman–Crippen LogP) is 4.48. The summed E-state index contributed by atoms with van der Waals surface area (Å²) in [5, 5.41) is 3.53. The molecule has 5 heteroatoms. The van der Waals surface area contributed by atoms with Crippen LogP contribution < -0.4 is 15.0 Å². The van der Waals surface area contributed by atoms with Crippen molar-refractivity contribution in [3.8, 4) is 5.75 Å². The topological polar surface area (TPSA) is 50.8 Å². The third-order valence-corrected chi connectivity index (χ3v) is 4.76. The Morgan fingerprint density at radius 3 is 2.64 bits per heavy atom. The Balaban J connectivity index is 2.00. The third kappa shape index (κ3) is 4.20. The molecule has 0 saturated heterocycles. The van der Waals surface area contributed by atoms with Gasteiger partial charge in [0.1, 0.15) is 12.4 Å². The molecule has 0 radical (unpaired) electrons. The second kappa shape index (κ2) is 8.93. The molecule has 1 heterocycles. The molecule has 0 bridgehead atoms. The van der Waals surface area contributed by atoms with Crippen LogP contribution in [-0.4, -0.2) is 32.8 Å². The van der Waals surface area contributed by atoms with Crippen molar-refractivity contribution in [2.24, 2.45) is 5.92 Å². The van der Waals surface area contributed by atoms with Gasteiger partial charge in [-0.3, -0.25) is 4.79 Å². The first-order valence-electron chi connectivity index (χ1n) is 9.62. The summed E-state index contributed by atoms with van der Waals surface area (Å²) in [7, 11) is 1.64. The number of para-hydroxylation sites is 2. The van der Waals surface area contributed by atoms with Crippen LogP contribution in [0.4, 0.5) is 11.4 Å². The number of ether oxygens (including phenoxy) is 2. The Morgan fingerprint density at radius 1 is 1.14 bits per heavy atom. The number of carbonyl (C=O) groups is 1. The fraction of sp³-hybridized carbons (Fsp3) is 0.348. The number of aryl methyl sites for hydroxylation is 1. The van der Waals surface area contributed by atoms with Gasteiger partial charge in [0.15, 0.2) is 0 Å². The summed E-state index contributed by atoms with van der Waals surface area (Å²) in [5.41, 5.74) is 4.97. The Labute approximate surface area is 167 Å². The molecule has 2 aromatic rings. The molecule has 28 heavy (non-hydrogen) atoms. The third-order valence-electron chi connectivity index (χ3n) is 4.76. The SMILES string of the molecule is COCCOc1cccc2c1N(C(=O)C(C)C)CC=C2Nc1ccccc1C. The van der Waals surface area contributed by atoms with Gasteiger partial charge >= 0.3 is 0 Å². The Hall–Kier alpha value is -2.79. The standard InChI is InChI=1S/C23H28N2O3/c1-16(2)23(26)25-13-12-20(24-19-10-6-5-8-17(19)3)18-9-7-11-21(22(18)25)28-15-14-27-4/h5-12,16,24H,13-15H2,1-4H3. The lowest BCUT2D eigenvalue weighted by atomic mass is 10.0. The monoisotopic (exact) mass is 380 g/mol. The van der Waals surface area contributed by atoms with Crippen molar-refractivity contribution < 1.29 is 14.3 Å². The van der Waals surface area contributed by atoms with Gasteiger partial charge in [0.05, 0.1) is 12.3 Å². The molecule has 0 spiro atoms. The summed E-state index contributed by atoms with van der Waals surface area (Å²) in [6.07, 6.45) is 2.06. The molecule has 1 aliphatic heterocycles. The van der Waals surface area contributed by atoms with E-state index in [4.69, 9.17) is 9.47 Å². The van der Waals surface area contributed by atoms with Gasteiger partial charge in [-0.2, -0.15) is 0 Å². The van der Waals surface area contributed by atoms with E-state index < -0.39 is 0 Å². The Bertz CT molecular complexity index is 874. The number of rotatable bonds is 7. The van der Waals surface area contributed by atoms with Crippen LogP contribution in [-0.2, 0) is 9.53 Å². The van der Waals surface area contributed by atoms with Crippen molar-refractivity contribution >= 4 is 23.0 Å². The van der Waals surface area contributed by atoms with Gasteiger partial charge in [-0.15, -0.1) is 0 Å². The van der Waals surface area contributed by atoms with Crippen LogP contribution in [0.25, 0.3) is 5.70 Å². The average molecular weight is 380 g/mol. The number of carbonyl (C=O) groups excluding carboxylic acids is 1. The number of benzene rings is 2. The maximum absolute atomic E-state index is 12.9. The minimum atomic E-state index is -0.0980. The van der Waals surface area contributed by atoms with E-state index in [0.717, 1.165) is 28.2 Å². The van der Waals surface area contributed by atoms with Gasteiger partial charge < -0.3 is 19.7 Å². The molecule has 148 valence electrons. The van der Waals surface area contributed by atoms with Crippen LogP contribution in [0.5, 0.6) is 5.75 Å². The fourth-order valence-corrected chi connectivity index (χ4v) is 3.24. The van der Waals surface area contributed by atoms with Crippen molar-refractivity contribution in [1.82, 2.24) is 0 Å². The molecule has 3 rings (SSSR count). The molecule has 0 fully saturated rings. The van der Waals surface area contributed by atoms with E-state index in [0.29, 0.717) is 25.5 Å². The number of nitrogens with zero attached hydrogens (tertiary/aromatic N) is 1. The predicted molar refractivity (Wildman–Crippen MR) is 114 cm³/mol. The fourth-order valence-electron chi connectivity index (χ4n) is 3.24. The molecule has 1 aliphatic rings. The van der Waals surface area contributed by atoms with E-state index >= 15 is 0 Å². The minimum absolute atomic E-state index is 0.0789. The van der Waals surface area contributed by atoms with E-state index in [9.17, 15) is 4.79 Å². The van der Waals surface area contributed by atoms with Crippen molar-refractivity contribution in [3.63, 3.8) is 0 Å². The highest BCUT2D eigenvalue weighted by atomic mass is 16.5. The summed E-state index contributed by atoms with van der Waals surface area (Å²) in [5.74, 6) is 0.676. The molecule has 0 saturated carbocycles. The lowest BCUT2D eigenvalue weighted by Gasteiger charge is -2.32. The molecule has 1 N–H and O–H groups in total. The van der Waals surface area contributed by atoms with Crippen LogP contribution in [0.15, 0.2) is 48.5 Å². The first-order valence-corrected chi connectivity index (χ1v) is 9.62. The number of hydrogen-bond donors (Lipinski definition) is 1. The lowest BCUT2D eigenvalue weighted by Crippen LogP contribution is -2.37. The maximum atomic E-state index is 12.9. The van der Waals surface area contributed by atoms with E-state index in [1.54, 1.807) is 7.11 Å². The molecule has 5 nitrogen and oxygen atoms in total. The van der Waals surface area contributed by atoms with Crippen molar-refractivity contribution in [2.45, 2.75) is 20.8 Å². The van der Waals surface area contributed by atoms with Gasteiger partial charge in [0.2, 0.25) is 5.91 Å². The van der Waals surface area contributed by atoms with Gasteiger partial charge in [0.25, 0.3) is 0 Å². The molecule has 0 unspecified atom stereocenters. The first-order chi connectivity index (χ1) is 13.5. The van der Waals surface area contributed by atoms with Gasteiger partial charge in [-0.05, 0) is 30.7 Å². The van der Waals surface area contributed by atoms with Gasteiger partial charge in [-0.1, -0.05) is 44.2 Å². The van der Waals surface area contributed by atoms with Crippen molar-refractivity contribution in [2.75, 3.05) is 37.1 Å². The zero-order valence-electron chi connectivity index (χ0n) is 17.0. The number of anilines is 2. The summed E-state index contributed by atoms with van der Waals surface area (Å²) >= 11 is 0. The second-order valence-corrected chi connectivity index (χ2v) is 7.15. The van der Waals surface area contributed by atoms with Crippen LogP contribution in [0.2, 0.25) is 0 Å². The zero-order valence-corrected chi connectivity index (χ0v) is 17.0. The maximum Gasteiger partial charge on any atom is 0.229 e. The van der Waals surface area contributed by atoms with Crippen LogP contribution in [0.3, 0.4) is 0 Å². The number of hydrogen-bond acceptors (Lipinski definition) is 4. The molecule has 1 amide bonds. The second-order valence-electron chi connectivity index (χ2n) is 7.15. The Morgan fingerprint density at radius 2 is 1.93 bits per heavy atom. The van der Waals surface area contributed by atoms with Crippen LogP contribution in [0, 0.1) is 12.8 Å². The van der Waals surface area contributed by atoms with Gasteiger partial charge in [-0.25, -0.2) is 0 Å². The highest BCUT2D eigenvalue weighted by molar-refractivity contribution is 6.02. The van der Waals surface area contributed by atoms with E-state index in [1.165, 1.54) is 0 Å². The normalized spacial score (nSPS) is 13.2. The highest BCUT2D eigenvalue weighted by Gasteiger charge is 2.28. The molecule has 0 aromatic heterocycles. The van der Waals surface area contributed by atoms with E-state index in [-0.39, 0.29) is 11.8 Å². The smallest absolute Gasteiger partial charge is 0.229 e. The molecule has 0 atom stereocenters. The zero-order chi connectivity index (χ0) is 20.1. The quantitative estimate of drug-likeness (QED) is 0.720. The molecular formula is C23H28N2O3. The van der Waals surface area contributed by atoms with E-state index in [2.05, 4.69) is 30.4 Å². The number of nitrogens with one attached hydrogen (secondary N) is 1. The van der Waals surface area contributed by atoms with Gasteiger partial charge in [0, 0.05) is 36.5 Å². The molecule has 0 aliphatic carbocycles. The summed E-state index contributed by atoms with van der Waals surface area (Å²) < 4.78 is 11.1. The number of amides is 1. The number of methoxy groups -OCH3 is 1. The lowest BCUT2D eigenvalue weighted by molar-refractivity contribution is -0.121. The average Bonchev–Trinajstić information content (AvgIpc) is 2.69. The Kier molecular flexibility index (Phi) is 6.37. The van der Waals surface area contributed by atoms with E-state index in [1.807, 2.05) is 49.1 Å². The first kappa shape index (κ1) is 20.0. The number of fused-ring (bicyclic) bond motifs is 1. The molecular weight excluding hydrogens is 352 g/mol.